The van der Waals surface area contributed by atoms with E-state index < -0.39 is 11.7 Å². The van der Waals surface area contributed by atoms with Gasteiger partial charge in [-0.1, -0.05) is 19.1 Å². The molecule has 2 aliphatic carbocycles. The average Bonchev–Trinajstić information content (AvgIpc) is 3.40. The third-order valence-electron chi connectivity index (χ3n) is 8.07. The van der Waals surface area contributed by atoms with Gasteiger partial charge in [0.1, 0.15) is 0 Å². The summed E-state index contributed by atoms with van der Waals surface area (Å²) in [5.74, 6) is 2.24. The third-order valence-corrected chi connectivity index (χ3v) is 8.07. The molecule has 0 aromatic heterocycles. The fourth-order valence-electron chi connectivity index (χ4n) is 6.57. The van der Waals surface area contributed by atoms with Gasteiger partial charge in [-0.2, -0.15) is 13.2 Å². The number of halogens is 3. The van der Waals surface area contributed by atoms with Crippen LogP contribution >= 0.6 is 0 Å². The van der Waals surface area contributed by atoms with Crippen LogP contribution in [0.3, 0.4) is 0 Å². The molecule has 2 heterocycles. The molecule has 1 aromatic carbocycles. The van der Waals surface area contributed by atoms with Gasteiger partial charge in [0.15, 0.2) is 0 Å². The Morgan fingerprint density at radius 2 is 1.75 bits per heavy atom. The molecule has 28 heavy (non-hydrogen) atoms. The summed E-state index contributed by atoms with van der Waals surface area (Å²) < 4.78 is 44.7. The zero-order chi connectivity index (χ0) is 19.6. The Bertz CT molecular complexity index is 784. The van der Waals surface area contributed by atoms with E-state index in [-0.39, 0.29) is 11.0 Å². The molecule has 0 amide bonds. The summed E-state index contributed by atoms with van der Waals surface area (Å²) in [6.45, 7) is 5.54. The SMILES string of the molecule is CC1(c2ccc(C(F)(F)F)cc2)C2CCC(C2)C12CCC(N1CCOCC1)=N2. The fraction of sp³-hybridized carbons (Fsp3) is 0.682. The summed E-state index contributed by atoms with van der Waals surface area (Å²) in [4.78, 5) is 7.75. The van der Waals surface area contributed by atoms with Gasteiger partial charge in [-0.25, -0.2) is 0 Å². The van der Waals surface area contributed by atoms with E-state index in [1.807, 2.05) is 0 Å². The van der Waals surface area contributed by atoms with Gasteiger partial charge in [0.25, 0.3) is 0 Å². The van der Waals surface area contributed by atoms with Gasteiger partial charge in [0.2, 0.25) is 0 Å². The van der Waals surface area contributed by atoms with Crippen LogP contribution in [0.4, 0.5) is 13.2 Å². The van der Waals surface area contributed by atoms with Crippen molar-refractivity contribution in [2.24, 2.45) is 16.8 Å². The van der Waals surface area contributed by atoms with E-state index in [0.29, 0.717) is 11.8 Å². The molecule has 4 aliphatic rings. The molecule has 1 aromatic rings. The molecule has 0 N–H and O–H groups in total. The summed E-state index contributed by atoms with van der Waals surface area (Å²) in [5.41, 5.74) is 0.109. The van der Waals surface area contributed by atoms with Gasteiger partial charge < -0.3 is 9.64 Å². The first-order valence-electron chi connectivity index (χ1n) is 10.4. The highest BCUT2D eigenvalue weighted by Gasteiger charge is 2.67. The van der Waals surface area contributed by atoms with Crippen LogP contribution in [0.15, 0.2) is 29.3 Å². The Balaban J connectivity index is 1.53. The van der Waals surface area contributed by atoms with E-state index in [2.05, 4.69) is 11.8 Å². The summed E-state index contributed by atoms with van der Waals surface area (Å²) in [6, 6.07) is 5.94. The number of rotatable bonds is 1. The van der Waals surface area contributed by atoms with Crippen molar-refractivity contribution in [1.82, 2.24) is 4.90 Å². The lowest BCUT2D eigenvalue weighted by atomic mass is 9.58. The Morgan fingerprint density at radius 3 is 2.43 bits per heavy atom. The van der Waals surface area contributed by atoms with Crippen molar-refractivity contribution in [1.29, 1.82) is 0 Å². The molecule has 2 aliphatic heterocycles. The van der Waals surface area contributed by atoms with Gasteiger partial charge in [-0.05, 0) is 55.2 Å². The monoisotopic (exact) mass is 392 g/mol. The van der Waals surface area contributed by atoms with Crippen LogP contribution in [0.2, 0.25) is 0 Å². The molecule has 3 nitrogen and oxygen atoms in total. The first-order chi connectivity index (χ1) is 13.3. The molecule has 6 heteroatoms. The van der Waals surface area contributed by atoms with Crippen LogP contribution in [0.1, 0.15) is 50.2 Å². The number of amidine groups is 1. The number of benzene rings is 1. The Labute approximate surface area is 164 Å². The normalized spacial score (nSPS) is 37.7. The highest BCUT2D eigenvalue weighted by molar-refractivity contribution is 5.85. The summed E-state index contributed by atoms with van der Waals surface area (Å²) in [6.07, 6.45) is 1.20. The Morgan fingerprint density at radius 1 is 1.07 bits per heavy atom. The molecule has 2 saturated carbocycles. The highest BCUT2D eigenvalue weighted by Crippen LogP contribution is 2.66. The number of alkyl halides is 3. The molecule has 4 atom stereocenters. The van der Waals surface area contributed by atoms with Gasteiger partial charge in [-0.3, -0.25) is 4.99 Å². The highest BCUT2D eigenvalue weighted by atomic mass is 19.4. The lowest BCUT2D eigenvalue weighted by Crippen LogP contribution is -2.51. The molecular weight excluding hydrogens is 365 g/mol. The van der Waals surface area contributed by atoms with E-state index in [1.54, 1.807) is 12.1 Å². The lowest BCUT2D eigenvalue weighted by Gasteiger charge is -2.48. The van der Waals surface area contributed by atoms with Crippen molar-refractivity contribution in [2.45, 2.75) is 56.2 Å². The molecule has 3 fully saturated rings. The van der Waals surface area contributed by atoms with Crippen molar-refractivity contribution in [2.75, 3.05) is 26.3 Å². The maximum Gasteiger partial charge on any atom is 0.416 e. The Kier molecular flexibility index (Phi) is 4.10. The van der Waals surface area contributed by atoms with Crippen molar-refractivity contribution in [3.8, 4) is 0 Å². The molecular formula is C22H27F3N2O. The van der Waals surface area contributed by atoms with Gasteiger partial charge >= 0.3 is 6.18 Å². The zero-order valence-corrected chi connectivity index (χ0v) is 16.3. The third kappa shape index (κ3) is 2.49. The van der Waals surface area contributed by atoms with E-state index in [9.17, 15) is 13.2 Å². The van der Waals surface area contributed by atoms with Crippen molar-refractivity contribution < 1.29 is 17.9 Å². The predicted octanol–water partition coefficient (Wildman–Crippen LogP) is 4.66. The summed E-state index contributed by atoms with van der Waals surface area (Å²) in [5, 5.41) is 0. The second-order valence-electron chi connectivity index (χ2n) is 9.04. The molecule has 2 bridgehead atoms. The van der Waals surface area contributed by atoms with Gasteiger partial charge in [-0.15, -0.1) is 0 Å². The maximum absolute atomic E-state index is 13.1. The summed E-state index contributed by atoms with van der Waals surface area (Å²) in [7, 11) is 0. The van der Waals surface area contributed by atoms with Crippen LogP contribution in [-0.4, -0.2) is 42.6 Å². The standard InChI is InChI=1S/C22H27F3N2O/c1-20(15-2-4-16(5-3-15)22(23,24)25)17-6-7-18(14-17)21(20)9-8-19(26-21)27-10-12-28-13-11-27/h2-5,17-18H,6-14H2,1H3. The minimum atomic E-state index is -4.29. The molecule has 1 spiro atoms. The fourth-order valence-corrected chi connectivity index (χ4v) is 6.57. The quantitative estimate of drug-likeness (QED) is 0.695. The van der Waals surface area contributed by atoms with Crippen molar-refractivity contribution >= 4 is 5.84 Å². The van der Waals surface area contributed by atoms with Crippen LogP contribution in [0, 0.1) is 11.8 Å². The van der Waals surface area contributed by atoms with Crippen LogP contribution in [0.25, 0.3) is 0 Å². The molecule has 5 rings (SSSR count). The van der Waals surface area contributed by atoms with Crippen LogP contribution in [-0.2, 0) is 16.3 Å². The maximum atomic E-state index is 13.1. The van der Waals surface area contributed by atoms with Crippen LogP contribution in [0.5, 0.6) is 0 Å². The number of hydrogen-bond acceptors (Lipinski definition) is 3. The first kappa shape index (κ1) is 18.5. The largest absolute Gasteiger partial charge is 0.416 e. The lowest BCUT2D eigenvalue weighted by molar-refractivity contribution is -0.137. The average molecular weight is 392 g/mol. The second-order valence-corrected chi connectivity index (χ2v) is 9.04. The molecule has 152 valence electrons. The van der Waals surface area contributed by atoms with Crippen LogP contribution < -0.4 is 0 Å². The van der Waals surface area contributed by atoms with Crippen molar-refractivity contribution in [3.63, 3.8) is 0 Å². The minimum absolute atomic E-state index is 0.163. The zero-order valence-electron chi connectivity index (χ0n) is 16.3. The number of nitrogens with zero attached hydrogens (tertiary/aromatic N) is 2. The molecule has 1 saturated heterocycles. The number of ether oxygens (including phenoxy) is 1. The van der Waals surface area contributed by atoms with E-state index in [1.165, 1.54) is 24.4 Å². The Hall–Kier alpha value is -1.56. The summed E-state index contributed by atoms with van der Waals surface area (Å²) >= 11 is 0. The molecule has 0 radical (unpaired) electrons. The van der Waals surface area contributed by atoms with E-state index >= 15 is 0 Å². The number of morpholine rings is 1. The van der Waals surface area contributed by atoms with E-state index in [4.69, 9.17) is 9.73 Å². The van der Waals surface area contributed by atoms with E-state index in [0.717, 1.165) is 57.6 Å². The van der Waals surface area contributed by atoms with Gasteiger partial charge in [0.05, 0.1) is 30.2 Å². The minimum Gasteiger partial charge on any atom is -0.378 e. The number of aliphatic imine (C=N–C) groups is 1. The first-order valence-corrected chi connectivity index (χ1v) is 10.4. The topological polar surface area (TPSA) is 24.8 Å². The smallest absolute Gasteiger partial charge is 0.378 e. The predicted molar refractivity (Wildman–Crippen MR) is 101 cm³/mol. The van der Waals surface area contributed by atoms with Crippen molar-refractivity contribution in [3.05, 3.63) is 35.4 Å². The molecule has 4 unspecified atom stereocenters. The second kappa shape index (κ2) is 6.22. The number of hydrogen-bond donors (Lipinski definition) is 0. The van der Waals surface area contributed by atoms with Gasteiger partial charge in [0, 0.05) is 24.9 Å². The number of fused-ring (bicyclic) bond motifs is 3.